The second kappa shape index (κ2) is 11.2. The lowest BCUT2D eigenvalue weighted by atomic mass is 10.1. The molecule has 2 unspecified atom stereocenters. The molecule has 0 aliphatic carbocycles. The van der Waals surface area contributed by atoms with Gasteiger partial charge in [-0.05, 0) is 38.0 Å². The first-order valence-corrected chi connectivity index (χ1v) is 10.8. The average Bonchev–Trinajstić information content (AvgIpc) is 3.11. The van der Waals surface area contributed by atoms with Gasteiger partial charge in [0.2, 0.25) is 0 Å². The molecular formula is C18H37N5S. The van der Waals surface area contributed by atoms with E-state index >= 15 is 0 Å². The number of aliphatic imine (C=N–C) groups is 1. The van der Waals surface area contributed by atoms with Gasteiger partial charge in [-0.1, -0.05) is 13.8 Å². The number of rotatable bonds is 8. The van der Waals surface area contributed by atoms with Crippen LogP contribution in [0.25, 0.3) is 0 Å². The molecule has 2 aliphatic rings. The summed E-state index contributed by atoms with van der Waals surface area (Å²) >= 11 is 2.10. The van der Waals surface area contributed by atoms with Crippen molar-refractivity contribution >= 4 is 17.7 Å². The SMILES string of the molecule is CCNC(=NCC(C)CN1CCN(CC)CC1)NCC1CCCS1. The molecule has 2 N–H and O–H groups in total. The molecule has 2 aliphatic heterocycles. The molecule has 24 heavy (non-hydrogen) atoms. The van der Waals surface area contributed by atoms with E-state index in [1.165, 1.54) is 57.9 Å². The van der Waals surface area contributed by atoms with E-state index in [4.69, 9.17) is 4.99 Å². The number of nitrogens with one attached hydrogen (secondary N) is 2. The third kappa shape index (κ3) is 7.19. The van der Waals surface area contributed by atoms with Crippen LogP contribution in [0.3, 0.4) is 0 Å². The lowest BCUT2D eigenvalue weighted by molar-refractivity contribution is 0.125. The van der Waals surface area contributed by atoms with Crippen LogP contribution in [0, 0.1) is 5.92 Å². The summed E-state index contributed by atoms with van der Waals surface area (Å²) in [6.45, 7) is 16.8. The van der Waals surface area contributed by atoms with Gasteiger partial charge in [0.05, 0.1) is 0 Å². The third-order valence-corrected chi connectivity index (χ3v) is 6.31. The first-order valence-electron chi connectivity index (χ1n) is 9.79. The Balaban J connectivity index is 1.69. The first kappa shape index (κ1) is 19.9. The van der Waals surface area contributed by atoms with Gasteiger partial charge in [-0.15, -0.1) is 0 Å². The summed E-state index contributed by atoms with van der Waals surface area (Å²) in [6.07, 6.45) is 2.71. The predicted molar refractivity (Wildman–Crippen MR) is 107 cm³/mol. The van der Waals surface area contributed by atoms with E-state index in [0.717, 1.165) is 30.8 Å². The minimum atomic E-state index is 0.606. The summed E-state index contributed by atoms with van der Waals surface area (Å²) < 4.78 is 0. The minimum Gasteiger partial charge on any atom is -0.357 e. The monoisotopic (exact) mass is 355 g/mol. The van der Waals surface area contributed by atoms with Crippen molar-refractivity contribution in [3.8, 4) is 0 Å². The van der Waals surface area contributed by atoms with E-state index in [0.29, 0.717) is 5.92 Å². The van der Waals surface area contributed by atoms with E-state index in [1.807, 2.05) is 0 Å². The van der Waals surface area contributed by atoms with Crippen LogP contribution in [-0.4, -0.2) is 85.7 Å². The summed E-state index contributed by atoms with van der Waals surface area (Å²) in [7, 11) is 0. The second-order valence-corrected chi connectivity index (χ2v) is 8.48. The maximum atomic E-state index is 4.82. The lowest BCUT2D eigenvalue weighted by Crippen LogP contribution is -2.47. The highest BCUT2D eigenvalue weighted by Crippen LogP contribution is 2.25. The maximum absolute atomic E-state index is 4.82. The fourth-order valence-corrected chi connectivity index (χ4v) is 4.59. The molecule has 2 atom stereocenters. The van der Waals surface area contributed by atoms with Crippen molar-refractivity contribution in [2.24, 2.45) is 10.9 Å². The van der Waals surface area contributed by atoms with Gasteiger partial charge in [0.1, 0.15) is 0 Å². The standard InChI is InChI=1S/C18H37N5S/c1-4-19-18(21-14-17-7-6-12-24-17)20-13-16(3)15-23-10-8-22(5-2)9-11-23/h16-17H,4-15H2,1-3H3,(H2,19,20,21). The molecule has 0 amide bonds. The van der Waals surface area contributed by atoms with Crippen LogP contribution in [0.1, 0.15) is 33.6 Å². The van der Waals surface area contributed by atoms with Crippen LogP contribution in [0.2, 0.25) is 0 Å². The highest BCUT2D eigenvalue weighted by Gasteiger charge is 2.18. The summed E-state index contributed by atoms with van der Waals surface area (Å²) in [6, 6.07) is 0. The Bertz CT molecular complexity index is 362. The molecule has 0 aromatic rings. The van der Waals surface area contributed by atoms with Crippen molar-refractivity contribution in [3.05, 3.63) is 0 Å². The normalized spacial score (nSPS) is 25.0. The zero-order chi connectivity index (χ0) is 17.2. The smallest absolute Gasteiger partial charge is 0.191 e. The zero-order valence-corrected chi connectivity index (χ0v) is 16.7. The highest BCUT2D eigenvalue weighted by molar-refractivity contribution is 8.00. The second-order valence-electron chi connectivity index (χ2n) is 7.08. The van der Waals surface area contributed by atoms with E-state index in [9.17, 15) is 0 Å². The van der Waals surface area contributed by atoms with E-state index in [-0.39, 0.29) is 0 Å². The molecule has 5 nitrogen and oxygen atoms in total. The molecular weight excluding hydrogens is 318 g/mol. The van der Waals surface area contributed by atoms with Gasteiger partial charge in [-0.3, -0.25) is 4.99 Å². The Labute approximate surface area is 153 Å². The molecule has 2 saturated heterocycles. The van der Waals surface area contributed by atoms with Crippen LogP contribution in [0.4, 0.5) is 0 Å². The third-order valence-electron chi connectivity index (χ3n) is 4.91. The molecule has 6 heteroatoms. The van der Waals surface area contributed by atoms with Gasteiger partial charge in [0.15, 0.2) is 5.96 Å². The van der Waals surface area contributed by atoms with Crippen LogP contribution < -0.4 is 10.6 Å². The lowest BCUT2D eigenvalue weighted by Gasteiger charge is -2.35. The van der Waals surface area contributed by atoms with E-state index < -0.39 is 0 Å². The van der Waals surface area contributed by atoms with Gasteiger partial charge in [0.25, 0.3) is 0 Å². The maximum Gasteiger partial charge on any atom is 0.191 e. The molecule has 0 bridgehead atoms. The van der Waals surface area contributed by atoms with Crippen molar-refractivity contribution < 1.29 is 0 Å². The Kier molecular flexibility index (Phi) is 9.28. The Morgan fingerprint density at radius 3 is 2.54 bits per heavy atom. The zero-order valence-electron chi connectivity index (χ0n) is 15.9. The van der Waals surface area contributed by atoms with Crippen molar-refractivity contribution in [1.29, 1.82) is 0 Å². The summed E-state index contributed by atoms with van der Waals surface area (Å²) in [5.74, 6) is 2.92. The van der Waals surface area contributed by atoms with Gasteiger partial charge in [-0.25, -0.2) is 0 Å². The number of likely N-dealkylation sites (N-methyl/N-ethyl adjacent to an activating group) is 1. The fourth-order valence-electron chi connectivity index (χ4n) is 3.39. The molecule has 140 valence electrons. The molecule has 0 saturated carbocycles. The van der Waals surface area contributed by atoms with Crippen molar-refractivity contribution in [3.63, 3.8) is 0 Å². The summed E-state index contributed by atoms with van der Waals surface area (Å²) in [5, 5.41) is 7.69. The van der Waals surface area contributed by atoms with Gasteiger partial charge in [-0.2, -0.15) is 11.8 Å². The largest absolute Gasteiger partial charge is 0.357 e. The predicted octanol–water partition coefficient (Wildman–Crippen LogP) is 1.71. The number of thioether (sulfide) groups is 1. The van der Waals surface area contributed by atoms with Gasteiger partial charge < -0.3 is 20.4 Å². The molecule has 0 radical (unpaired) electrons. The van der Waals surface area contributed by atoms with Crippen molar-refractivity contribution in [2.75, 3.05) is 64.7 Å². The molecule has 2 fully saturated rings. The number of hydrogen-bond donors (Lipinski definition) is 2. The average molecular weight is 356 g/mol. The Morgan fingerprint density at radius 1 is 1.17 bits per heavy atom. The molecule has 0 spiro atoms. The topological polar surface area (TPSA) is 42.9 Å². The number of guanidine groups is 1. The van der Waals surface area contributed by atoms with Crippen molar-refractivity contribution in [2.45, 2.75) is 38.9 Å². The van der Waals surface area contributed by atoms with E-state index in [1.54, 1.807) is 0 Å². The van der Waals surface area contributed by atoms with Crippen molar-refractivity contribution in [1.82, 2.24) is 20.4 Å². The number of piperazine rings is 1. The number of hydrogen-bond acceptors (Lipinski definition) is 4. The van der Waals surface area contributed by atoms with Crippen LogP contribution in [0.15, 0.2) is 4.99 Å². The Morgan fingerprint density at radius 2 is 1.92 bits per heavy atom. The molecule has 0 aromatic heterocycles. The first-order chi connectivity index (χ1) is 11.7. The highest BCUT2D eigenvalue weighted by atomic mass is 32.2. The van der Waals surface area contributed by atoms with Crippen LogP contribution in [0.5, 0.6) is 0 Å². The Hall–Kier alpha value is -0.460. The fraction of sp³-hybridized carbons (Fsp3) is 0.944. The quantitative estimate of drug-likeness (QED) is 0.513. The molecule has 2 rings (SSSR count). The summed E-state index contributed by atoms with van der Waals surface area (Å²) in [4.78, 5) is 9.95. The van der Waals surface area contributed by atoms with Crippen LogP contribution in [-0.2, 0) is 0 Å². The minimum absolute atomic E-state index is 0.606. The van der Waals surface area contributed by atoms with Crippen LogP contribution >= 0.6 is 11.8 Å². The number of nitrogens with zero attached hydrogens (tertiary/aromatic N) is 3. The van der Waals surface area contributed by atoms with Gasteiger partial charge in [0, 0.05) is 57.6 Å². The molecule has 0 aromatic carbocycles. The molecule has 2 heterocycles. The van der Waals surface area contributed by atoms with E-state index in [2.05, 4.69) is 53.0 Å². The summed E-state index contributed by atoms with van der Waals surface area (Å²) in [5.41, 5.74) is 0. The van der Waals surface area contributed by atoms with Gasteiger partial charge >= 0.3 is 0 Å².